The largest absolute Gasteiger partial charge is 0.352 e. The Labute approximate surface area is 121 Å². The number of sulfonamides is 1. The van der Waals surface area contributed by atoms with Crippen LogP contribution in [0.2, 0.25) is 0 Å². The van der Waals surface area contributed by atoms with Gasteiger partial charge < -0.3 is 5.32 Å². The van der Waals surface area contributed by atoms with Crippen LogP contribution in [-0.2, 0) is 14.8 Å². The summed E-state index contributed by atoms with van der Waals surface area (Å²) in [5.41, 5.74) is 0.858. The van der Waals surface area contributed by atoms with Crippen molar-refractivity contribution in [2.45, 2.75) is 30.7 Å². The van der Waals surface area contributed by atoms with Crippen LogP contribution in [0.1, 0.15) is 18.4 Å². The van der Waals surface area contributed by atoms with E-state index in [1.807, 2.05) is 6.92 Å². The average molecular weight is 347 g/mol. The lowest BCUT2D eigenvalue weighted by Gasteiger charge is -2.12. The van der Waals surface area contributed by atoms with E-state index in [0.717, 1.165) is 10.0 Å². The minimum absolute atomic E-state index is 0.0244. The molecule has 1 heterocycles. The van der Waals surface area contributed by atoms with Crippen molar-refractivity contribution in [1.29, 1.82) is 0 Å². The van der Waals surface area contributed by atoms with E-state index in [-0.39, 0.29) is 23.4 Å². The molecule has 1 saturated heterocycles. The summed E-state index contributed by atoms with van der Waals surface area (Å²) in [7, 11) is -3.53. The first kappa shape index (κ1) is 14.5. The van der Waals surface area contributed by atoms with Crippen LogP contribution in [0.3, 0.4) is 0 Å². The standard InChI is InChI=1S/C12H15BrN2O3S/c1-8-6-10(3-4-11(8)13)19(17,18)14-7-9-2-5-12(16)15-9/h3-4,6,9,14H,2,5,7H2,1H3,(H,15,16). The zero-order valence-corrected chi connectivity index (χ0v) is 12.8. The average Bonchev–Trinajstić information content (AvgIpc) is 2.76. The van der Waals surface area contributed by atoms with E-state index in [2.05, 4.69) is 26.0 Å². The van der Waals surface area contributed by atoms with E-state index in [9.17, 15) is 13.2 Å². The molecular weight excluding hydrogens is 332 g/mol. The Hall–Kier alpha value is -0.920. The second-order valence-electron chi connectivity index (χ2n) is 4.57. The summed E-state index contributed by atoms with van der Waals surface area (Å²) < 4.78 is 27.6. The van der Waals surface area contributed by atoms with Crippen molar-refractivity contribution in [3.63, 3.8) is 0 Å². The molecule has 1 aliphatic rings. The van der Waals surface area contributed by atoms with Crippen molar-refractivity contribution in [2.75, 3.05) is 6.54 Å². The van der Waals surface area contributed by atoms with Crippen LogP contribution in [0.15, 0.2) is 27.6 Å². The molecule has 1 aliphatic heterocycles. The molecule has 0 aromatic heterocycles. The van der Waals surface area contributed by atoms with Crippen molar-refractivity contribution in [2.24, 2.45) is 0 Å². The predicted molar refractivity (Wildman–Crippen MR) is 75.2 cm³/mol. The lowest BCUT2D eigenvalue weighted by atomic mass is 10.2. The van der Waals surface area contributed by atoms with Gasteiger partial charge in [-0.1, -0.05) is 15.9 Å². The smallest absolute Gasteiger partial charge is 0.240 e. The molecular formula is C12H15BrN2O3S. The topological polar surface area (TPSA) is 75.3 Å². The number of amides is 1. The van der Waals surface area contributed by atoms with Gasteiger partial charge in [0.05, 0.1) is 4.90 Å². The first-order valence-electron chi connectivity index (χ1n) is 5.94. The number of hydrogen-bond donors (Lipinski definition) is 2. The van der Waals surface area contributed by atoms with E-state index >= 15 is 0 Å². The lowest BCUT2D eigenvalue weighted by molar-refractivity contribution is -0.119. The number of halogens is 1. The Balaban J connectivity index is 2.05. The van der Waals surface area contributed by atoms with Gasteiger partial charge in [-0.25, -0.2) is 13.1 Å². The quantitative estimate of drug-likeness (QED) is 0.863. The Morgan fingerprint density at radius 1 is 1.47 bits per heavy atom. The zero-order chi connectivity index (χ0) is 14.0. The third-order valence-corrected chi connectivity index (χ3v) is 5.36. The fourth-order valence-electron chi connectivity index (χ4n) is 1.91. The van der Waals surface area contributed by atoms with Gasteiger partial charge in [0.2, 0.25) is 15.9 Å². The number of hydrogen-bond acceptors (Lipinski definition) is 3. The summed E-state index contributed by atoms with van der Waals surface area (Å²) in [4.78, 5) is 11.3. The minimum Gasteiger partial charge on any atom is -0.352 e. The number of aryl methyl sites for hydroxylation is 1. The maximum absolute atomic E-state index is 12.1. The van der Waals surface area contributed by atoms with Gasteiger partial charge in [-0.05, 0) is 37.1 Å². The van der Waals surface area contributed by atoms with Gasteiger partial charge in [-0.3, -0.25) is 4.79 Å². The molecule has 1 aromatic rings. The van der Waals surface area contributed by atoms with Gasteiger partial charge >= 0.3 is 0 Å². The van der Waals surface area contributed by atoms with Crippen molar-refractivity contribution in [1.82, 2.24) is 10.0 Å². The maximum Gasteiger partial charge on any atom is 0.240 e. The molecule has 1 aromatic carbocycles. The highest BCUT2D eigenvalue weighted by Gasteiger charge is 2.23. The van der Waals surface area contributed by atoms with Gasteiger partial charge in [-0.15, -0.1) is 0 Å². The van der Waals surface area contributed by atoms with Crippen LogP contribution in [0.25, 0.3) is 0 Å². The number of carbonyl (C=O) groups is 1. The molecule has 0 saturated carbocycles. The molecule has 1 unspecified atom stereocenters. The fraction of sp³-hybridized carbons (Fsp3) is 0.417. The molecule has 0 aliphatic carbocycles. The molecule has 2 rings (SSSR count). The lowest BCUT2D eigenvalue weighted by Crippen LogP contribution is -2.38. The third-order valence-electron chi connectivity index (χ3n) is 3.04. The van der Waals surface area contributed by atoms with Crippen LogP contribution in [0.4, 0.5) is 0 Å². The molecule has 104 valence electrons. The molecule has 0 radical (unpaired) electrons. The Morgan fingerprint density at radius 2 is 2.21 bits per heavy atom. The van der Waals surface area contributed by atoms with Gasteiger partial charge in [-0.2, -0.15) is 0 Å². The van der Waals surface area contributed by atoms with E-state index in [4.69, 9.17) is 0 Å². The number of carbonyl (C=O) groups excluding carboxylic acids is 1. The van der Waals surface area contributed by atoms with Gasteiger partial charge in [0, 0.05) is 23.5 Å². The van der Waals surface area contributed by atoms with Gasteiger partial charge in [0.15, 0.2) is 0 Å². The molecule has 5 nitrogen and oxygen atoms in total. The van der Waals surface area contributed by atoms with Crippen LogP contribution in [0.5, 0.6) is 0 Å². The highest BCUT2D eigenvalue weighted by Crippen LogP contribution is 2.20. The second kappa shape index (κ2) is 5.60. The highest BCUT2D eigenvalue weighted by molar-refractivity contribution is 9.10. The Bertz CT molecular complexity index is 601. The van der Waals surface area contributed by atoms with E-state index in [0.29, 0.717) is 12.8 Å². The molecule has 1 amide bonds. The summed E-state index contributed by atoms with van der Waals surface area (Å²) in [6, 6.07) is 4.76. The molecule has 2 N–H and O–H groups in total. The monoisotopic (exact) mass is 346 g/mol. The summed E-state index contributed by atoms with van der Waals surface area (Å²) >= 11 is 3.33. The summed E-state index contributed by atoms with van der Waals surface area (Å²) in [5.74, 6) is -0.0244. The van der Waals surface area contributed by atoms with Gasteiger partial charge in [0.1, 0.15) is 0 Å². The van der Waals surface area contributed by atoms with E-state index in [1.165, 1.54) is 0 Å². The van der Waals surface area contributed by atoms with Crippen molar-refractivity contribution in [3.05, 3.63) is 28.2 Å². The van der Waals surface area contributed by atoms with Crippen LogP contribution in [0, 0.1) is 6.92 Å². The maximum atomic E-state index is 12.1. The SMILES string of the molecule is Cc1cc(S(=O)(=O)NCC2CCC(=O)N2)ccc1Br. The fourth-order valence-corrected chi connectivity index (χ4v) is 3.32. The molecule has 0 bridgehead atoms. The van der Waals surface area contributed by atoms with Crippen LogP contribution >= 0.6 is 15.9 Å². The van der Waals surface area contributed by atoms with E-state index < -0.39 is 10.0 Å². The molecule has 1 atom stereocenters. The summed E-state index contributed by atoms with van der Waals surface area (Å²) in [6.45, 7) is 2.06. The Kier molecular flexibility index (Phi) is 4.27. The highest BCUT2D eigenvalue weighted by atomic mass is 79.9. The van der Waals surface area contributed by atoms with Crippen LogP contribution in [-0.4, -0.2) is 26.9 Å². The summed E-state index contributed by atoms with van der Waals surface area (Å²) in [6.07, 6.45) is 1.13. The second-order valence-corrected chi connectivity index (χ2v) is 7.19. The molecule has 1 fully saturated rings. The van der Waals surface area contributed by atoms with Crippen LogP contribution < -0.4 is 10.0 Å². The van der Waals surface area contributed by atoms with Crippen molar-refractivity contribution >= 4 is 31.9 Å². The summed E-state index contributed by atoms with van der Waals surface area (Å²) in [5, 5.41) is 2.73. The first-order chi connectivity index (χ1) is 8.88. The zero-order valence-electron chi connectivity index (χ0n) is 10.4. The minimum atomic E-state index is -3.53. The van der Waals surface area contributed by atoms with Gasteiger partial charge in [0.25, 0.3) is 0 Å². The predicted octanol–water partition coefficient (Wildman–Crippen LogP) is 1.31. The Morgan fingerprint density at radius 3 is 2.79 bits per heavy atom. The number of nitrogens with one attached hydrogen (secondary N) is 2. The first-order valence-corrected chi connectivity index (χ1v) is 8.21. The normalized spacial score (nSPS) is 19.5. The molecule has 7 heteroatoms. The van der Waals surface area contributed by atoms with Crippen molar-refractivity contribution in [3.8, 4) is 0 Å². The van der Waals surface area contributed by atoms with Crippen molar-refractivity contribution < 1.29 is 13.2 Å². The molecule has 0 spiro atoms. The number of rotatable bonds is 4. The third kappa shape index (κ3) is 3.55. The molecule has 19 heavy (non-hydrogen) atoms. The van der Waals surface area contributed by atoms with E-state index in [1.54, 1.807) is 18.2 Å². The number of benzene rings is 1.